The van der Waals surface area contributed by atoms with Crippen LogP contribution in [0.1, 0.15) is 85.9 Å². The van der Waals surface area contributed by atoms with Gasteiger partial charge in [0.15, 0.2) is 23.0 Å². The molecule has 0 aliphatic carbocycles. The summed E-state index contributed by atoms with van der Waals surface area (Å²) in [6, 6.07) is 52.4. The van der Waals surface area contributed by atoms with Gasteiger partial charge in [0.05, 0.1) is 51.6 Å². The summed E-state index contributed by atoms with van der Waals surface area (Å²) in [6.45, 7) is 10.1. The lowest BCUT2D eigenvalue weighted by molar-refractivity contribution is 0.0937. The van der Waals surface area contributed by atoms with Crippen LogP contribution in [0.3, 0.4) is 0 Å². The molecule has 0 unspecified atom stereocenters. The van der Waals surface area contributed by atoms with Crippen LogP contribution in [0.25, 0.3) is 45.0 Å². The van der Waals surface area contributed by atoms with Crippen LogP contribution in [0.4, 0.5) is 17.6 Å². The number of halogens is 7. The van der Waals surface area contributed by atoms with E-state index in [9.17, 15) is 76.3 Å². The number of hydrogen-bond donors (Lipinski definition) is 8. The van der Waals surface area contributed by atoms with Gasteiger partial charge in [-0.15, -0.1) is 0 Å². The largest absolute Gasteiger partial charge is 0.502 e. The van der Waals surface area contributed by atoms with Crippen molar-refractivity contribution in [3.05, 3.63) is 341 Å². The van der Waals surface area contributed by atoms with E-state index in [4.69, 9.17) is 39.5 Å². The number of pyridine rings is 4. The smallest absolute Gasteiger partial charge is 0.293 e. The van der Waals surface area contributed by atoms with Crippen molar-refractivity contribution >= 4 is 58.4 Å². The molecule has 0 radical (unpaired) electrons. The van der Waals surface area contributed by atoms with Gasteiger partial charge in [0.2, 0.25) is 0 Å². The molecule has 0 atom stereocenters. The minimum absolute atomic E-state index is 0.130. The predicted molar refractivity (Wildman–Crippen MR) is 445 cm³/mol. The number of nitrogens with zero attached hydrogens (tertiary/aromatic N) is 4. The summed E-state index contributed by atoms with van der Waals surface area (Å²) in [4.78, 5) is 100. The standard InChI is InChI=1S/C23H23FN2O3.C22H19Cl2FN2O3.C22H20ClFN2O3.C22H21FN2O4/c1-14-5-4-6-16(9-14)7-8-25-22(28)19-13-20(26(3)23(29)21(19)27)17-10-15(2)11-18(24)12-17;1-12-8-13(10-14(25)9-12)19-11-16(20(28)22(30)27(19)2)21(29)26-7-6-15-17(23)4-3-5-18(15)24;1-13-8-15(11-17(24)9-13)19-12-18(20(27)22(29)26(19)2)21(28)25-7-6-14-4-3-5-16(23)10-14;1-14-10-15(12-16(23)11-14)19-13-18(20(26)22(28)25(19)2)21(27)24-8-9-29-17-6-4-3-5-7-17/h4-6,9-13,27H,7-8H2,1-3H3,(H,25,28);3-5,8-11,28H,6-7H2,1-2H3,(H,26,29);3-5,8-12,27H,6-7H2,1-2H3,(H,25,28);3-7,10-13,26H,8-9H2,1-2H3,(H,24,27). The maximum absolute atomic E-state index is 13.8. The van der Waals surface area contributed by atoms with E-state index in [-0.39, 0.29) is 42.0 Å². The Bertz CT molecular complexity index is 5730. The van der Waals surface area contributed by atoms with Crippen LogP contribution >= 0.6 is 34.8 Å². The zero-order valence-electron chi connectivity index (χ0n) is 65.0. The molecule has 12 aromatic rings. The average Bonchev–Trinajstić information content (AvgIpc) is 0.799. The number of hydrogen-bond acceptors (Lipinski definition) is 13. The van der Waals surface area contributed by atoms with Crippen molar-refractivity contribution in [2.24, 2.45) is 28.2 Å². The van der Waals surface area contributed by atoms with E-state index in [0.717, 1.165) is 16.7 Å². The molecular formula is C89H83Cl3F4N8O13. The molecule has 0 aliphatic rings. The summed E-state index contributed by atoms with van der Waals surface area (Å²) in [7, 11) is 5.82. The molecule has 0 saturated heterocycles. The first-order valence-corrected chi connectivity index (χ1v) is 37.6. The van der Waals surface area contributed by atoms with Gasteiger partial charge in [0.25, 0.3) is 45.9 Å². The molecule has 12 rings (SSSR count). The molecule has 0 aliphatic heterocycles. The predicted octanol–water partition coefficient (Wildman–Crippen LogP) is 14.8. The van der Waals surface area contributed by atoms with Crippen LogP contribution in [-0.4, -0.2) is 95.1 Å². The summed E-state index contributed by atoms with van der Waals surface area (Å²) in [6.07, 6.45) is 1.52. The zero-order chi connectivity index (χ0) is 85.2. The number of benzene rings is 8. The monoisotopic (exact) mass is 1650 g/mol. The Kier molecular flexibility index (Phi) is 30.0. The first-order chi connectivity index (χ1) is 55.6. The lowest BCUT2D eigenvalue weighted by Crippen LogP contribution is -2.30. The van der Waals surface area contributed by atoms with E-state index in [0.29, 0.717) is 126 Å². The Hall–Kier alpha value is -13.0. The van der Waals surface area contributed by atoms with Gasteiger partial charge in [0, 0.05) is 85.1 Å². The summed E-state index contributed by atoms with van der Waals surface area (Å²) >= 11 is 18.2. The molecule has 4 aromatic heterocycles. The van der Waals surface area contributed by atoms with Crippen molar-refractivity contribution in [1.82, 2.24) is 39.5 Å². The first kappa shape index (κ1) is 88.0. The number of carbonyl (C=O) groups excluding carboxylic acids is 4. The number of nitrogens with one attached hydrogen (secondary N) is 4. The normalized spacial score (nSPS) is 10.7. The first-order valence-electron chi connectivity index (χ1n) is 36.4. The van der Waals surface area contributed by atoms with Crippen LogP contribution in [0.5, 0.6) is 28.7 Å². The van der Waals surface area contributed by atoms with Gasteiger partial charge in [-0.1, -0.05) is 101 Å². The quantitative estimate of drug-likeness (QED) is 0.0246. The molecule has 28 heteroatoms. The van der Waals surface area contributed by atoms with Crippen LogP contribution in [0, 0.1) is 57.9 Å². The third kappa shape index (κ3) is 23.0. The number of ether oxygens (including phenoxy) is 1. The fraction of sp³-hybridized carbons (Fsp3) is 0.191. The molecular weight excluding hydrogens is 1570 g/mol. The third-order valence-electron chi connectivity index (χ3n) is 18.4. The molecule has 0 bridgehead atoms. The van der Waals surface area contributed by atoms with Crippen molar-refractivity contribution in [2.45, 2.75) is 53.9 Å². The Morgan fingerprint density at radius 3 is 0.983 bits per heavy atom. The minimum atomic E-state index is -0.756. The Morgan fingerprint density at radius 1 is 0.350 bits per heavy atom. The van der Waals surface area contributed by atoms with Crippen molar-refractivity contribution < 1.29 is 61.9 Å². The molecule has 8 aromatic carbocycles. The number of rotatable bonds is 21. The van der Waals surface area contributed by atoms with Crippen molar-refractivity contribution in [3.63, 3.8) is 0 Å². The fourth-order valence-corrected chi connectivity index (χ4v) is 13.4. The summed E-state index contributed by atoms with van der Waals surface area (Å²) < 4.78 is 65.5. The maximum atomic E-state index is 13.8. The van der Waals surface area contributed by atoms with Crippen molar-refractivity contribution in [2.75, 3.05) is 32.8 Å². The van der Waals surface area contributed by atoms with Gasteiger partial charge in [-0.3, -0.25) is 38.4 Å². The highest BCUT2D eigenvalue weighted by atomic mass is 35.5. The topological polar surface area (TPSA) is 295 Å². The van der Waals surface area contributed by atoms with Crippen molar-refractivity contribution in [3.8, 4) is 73.8 Å². The number of amides is 4. The molecule has 8 N–H and O–H groups in total. The van der Waals surface area contributed by atoms with E-state index in [1.54, 1.807) is 94.4 Å². The van der Waals surface area contributed by atoms with E-state index < -0.39 is 92.1 Å². The van der Waals surface area contributed by atoms with E-state index in [1.165, 1.54) is 119 Å². The second-order valence-electron chi connectivity index (χ2n) is 27.4. The average molecular weight is 1660 g/mol. The number of para-hydroxylation sites is 1. The van der Waals surface area contributed by atoms with Crippen molar-refractivity contribution in [1.29, 1.82) is 0 Å². The highest BCUT2D eigenvalue weighted by Crippen LogP contribution is 2.31. The van der Waals surface area contributed by atoms with Crippen LogP contribution < -0.4 is 48.2 Å². The second kappa shape index (κ2) is 39.9. The fourth-order valence-electron chi connectivity index (χ4n) is 12.6. The Labute approximate surface area is 685 Å². The van der Waals surface area contributed by atoms with Gasteiger partial charge in [-0.25, -0.2) is 17.6 Å². The maximum Gasteiger partial charge on any atom is 0.293 e. The number of aromatic nitrogens is 4. The molecule has 4 amide bonds. The van der Waals surface area contributed by atoms with Gasteiger partial charge in [-0.05, 0) is 226 Å². The molecule has 21 nitrogen and oxygen atoms in total. The Balaban J connectivity index is 0.000000178. The second-order valence-corrected chi connectivity index (χ2v) is 28.7. The zero-order valence-corrected chi connectivity index (χ0v) is 67.3. The van der Waals surface area contributed by atoms with Gasteiger partial charge >= 0.3 is 0 Å². The van der Waals surface area contributed by atoms with Crippen LogP contribution in [-0.2, 0) is 47.5 Å². The molecule has 117 heavy (non-hydrogen) atoms. The van der Waals surface area contributed by atoms with Gasteiger partial charge in [-0.2, -0.15) is 0 Å². The molecule has 0 saturated carbocycles. The molecule has 0 fully saturated rings. The molecule has 4 heterocycles. The number of carbonyl (C=O) groups is 4. The third-order valence-corrected chi connectivity index (χ3v) is 19.4. The highest BCUT2D eigenvalue weighted by Gasteiger charge is 2.25. The summed E-state index contributed by atoms with van der Waals surface area (Å²) in [5.41, 5.74) is 5.98. The van der Waals surface area contributed by atoms with Crippen LogP contribution in [0.2, 0.25) is 15.1 Å². The van der Waals surface area contributed by atoms with Gasteiger partial charge in [0.1, 0.15) is 35.6 Å². The Morgan fingerprint density at radius 2 is 0.658 bits per heavy atom. The number of aromatic hydroxyl groups is 4. The molecule has 0 spiro atoms. The van der Waals surface area contributed by atoms with E-state index in [2.05, 4.69) is 21.3 Å². The summed E-state index contributed by atoms with van der Waals surface area (Å²) in [5.74, 6) is -6.15. The lowest BCUT2D eigenvalue weighted by atomic mass is 10.0. The minimum Gasteiger partial charge on any atom is -0.502 e. The number of aryl methyl sites for hydroxylation is 5. The molecule has 606 valence electrons. The van der Waals surface area contributed by atoms with E-state index >= 15 is 0 Å². The van der Waals surface area contributed by atoms with E-state index in [1.807, 2.05) is 61.5 Å². The SMILES string of the molecule is Cc1cc(F)cc(-c2cc(C(=O)NCCOc3ccccc3)c(O)c(=O)n2C)c1.Cc1cc(F)cc(-c2cc(C(=O)NCCc3c(Cl)cccc3Cl)c(O)c(=O)n2C)c1.Cc1cc(F)cc(-c2cc(C(=O)NCCc3cccc(Cl)c3)c(O)c(=O)n2C)c1.Cc1cccc(CCNC(=O)c2cc(-c3cc(C)cc(F)c3)n(C)c(=O)c2O)c1. The lowest BCUT2D eigenvalue weighted by Gasteiger charge is -2.14. The summed E-state index contributed by atoms with van der Waals surface area (Å²) in [5, 5.41) is 53.1. The van der Waals surface area contributed by atoms with Crippen LogP contribution in [0.15, 0.2) is 213 Å². The van der Waals surface area contributed by atoms with Gasteiger partial charge < -0.3 is 64.7 Å². The highest BCUT2D eigenvalue weighted by molar-refractivity contribution is 6.36.